The molecule has 0 radical (unpaired) electrons. The normalized spacial score (nSPS) is 12.7. The zero-order valence-corrected chi connectivity index (χ0v) is 21.6. The molecular weight excluding hydrogens is 483 g/mol. The number of halogens is 1. The molecule has 1 aliphatic rings. The van der Waals surface area contributed by atoms with Crippen molar-refractivity contribution in [2.24, 2.45) is 0 Å². The third-order valence-corrected chi connectivity index (χ3v) is 6.78. The first-order valence-corrected chi connectivity index (χ1v) is 12.5. The van der Waals surface area contributed by atoms with Crippen molar-refractivity contribution in [3.05, 3.63) is 95.4 Å². The maximum absolute atomic E-state index is 14.3. The van der Waals surface area contributed by atoms with Gasteiger partial charge in [0, 0.05) is 23.5 Å². The summed E-state index contributed by atoms with van der Waals surface area (Å²) in [7, 11) is 1.61. The SMILES string of the molecule is COc1ccc(-c2cn(-c3ccc(C)c(C)c3)c(NC(=O)CN(C(=O)c3ccccc3F)C3CC3)n2)cc1. The van der Waals surface area contributed by atoms with Crippen LogP contribution in [0, 0.1) is 19.7 Å². The molecule has 7 nitrogen and oxygen atoms in total. The first kappa shape index (κ1) is 25.2. The van der Waals surface area contributed by atoms with Gasteiger partial charge in [-0.2, -0.15) is 0 Å². The monoisotopic (exact) mass is 512 g/mol. The lowest BCUT2D eigenvalue weighted by molar-refractivity contribution is -0.117. The molecule has 2 amide bonds. The minimum atomic E-state index is -0.599. The van der Waals surface area contributed by atoms with Gasteiger partial charge in [-0.1, -0.05) is 18.2 Å². The quantitative estimate of drug-likeness (QED) is 0.336. The fourth-order valence-corrected chi connectivity index (χ4v) is 4.30. The molecule has 0 spiro atoms. The third-order valence-electron chi connectivity index (χ3n) is 6.78. The van der Waals surface area contributed by atoms with Gasteiger partial charge in [-0.25, -0.2) is 9.37 Å². The van der Waals surface area contributed by atoms with Crippen molar-refractivity contribution in [2.45, 2.75) is 32.7 Å². The summed E-state index contributed by atoms with van der Waals surface area (Å²) in [5, 5.41) is 2.89. The van der Waals surface area contributed by atoms with Gasteiger partial charge in [-0.3, -0.25) is 19.5 Å². The largest absolute Gasteiger partial charge is 0.497 e. The number of hydrogen-bond donors (Lipinski definition) is 1. The summed E-state index contributed by atoms with van der Waals surface area (Å²) in [6.07, 6.45) is 3.43. The molecule has 1 aromatic heterocycles. The third kappa shape index (κ3) is 5.29. The molecule has 0 bridgehead atoms. The highest BCUT2D eigenvalue weighted by molar-refractivity contribution is 5.99. The Morgan fingerprint density at radius 2 is 1.79 bits per heavy atom. The van der Waals surface area contributed by atoms with E-state index < -0.39 is 17.6 Å². The van der Waals surface area contributed by atoms with Gasteiger partial charge in [0.15, 0.2) is 0 Å². The van der Waals surface area contributed by atoms with Gasteiger partial charge in [0.25, 0.3) is 5.91 Å². The predicted octanol–water partition coefficient (Wildman–Crippen LogP) is 5.55. The van der Waals surface area contributed by atoms with E-state index in [0.29, 0.717) is 11.6 Å². The molecule has 0 atom stereocenters. The minimum absolute atomic E-state index is 0.0365. The fraction of sp³-hybridized carbons (Fsp3) is 0.233. The van der Waals surface area contributed by atoms with Crippen LogP contribution in [0.25, 0.3) is 16.9 Å². The first-order valence-electron chi connectivity index (χ1n) is 12.5. The first-order chi connectivity index (χ1) is 18.3. The Morgan fingerprint density at radius 3 is 2.45 bits per heavy atom. The molecule has 194 valence electrons. The number of imidazole rings is 1. The zero-order chi connectivity index (χ0) is 26.8. The number of aryl methyl sites for hydroxylation is 2. The molecule has 5 rings (SSSR count). The number of rotatable bonds is 8. The highest BCUT2D eigenvalue weighted by Crippen LogP contribution is 2.30. The second kappa shape index (κ2) is 10.5. The number of carbonyl (C=O) groups is 2. The smallest absolute Gasteiger partial charge is 0.257 e. The summed E-state index contributed by atoms with van der Waals surface area (Å²) in [4.78, 5) is 32.5. The molecule has 1 N–H and O–H groups in total. The van der Waals surface area contributed by atoms with Crippen LogP contribution in [-0.2, 0) is 4.79 Å². The topological polar surface area (TPSA) is 76.5 Å². The van der Waals surface area contributed by atoms with E-state index in [1.54, 1.807) is 13.2 Å². The lowest BCUT2D eigenvalue weighted by Crippen LogP contribution is -2.40. The fourth-order valence-electron chi connectivity index (χ4n) is 4.30. The second-order valence-electron chi connectivity index (χ2n) is 9.51. The van der Waals surface area contributed by atoms with Gasteiger partial charge in [0.2, 0.25) is 11.9 Å². The van der Waals surface area contributed by atoms with Gasteiger partial charge in [-0.15, -0.1) is 0 Å². The van der Waals surface area contributed by atoms with Crippen molar-refractivity contribution >= 4 is 17.8 Å². The van der Waals surface area contributed by atoms with E-state index in [9.17, 15) is 14.0 Å². The number of anilines is 1. The number of methoxy groups -OCH3 is 1. The standard InChI is InChI=1S/C30H29FN4O3/c1-19-8-11-23(16-20(19)2)35-17-27(21-9-14-24(38-3)15-10-21)32-30(35)33-28(36)18-34(22-12-13-22)29(37)25-6-4-5-7-26(25)31/h4-11,14-17,22H,12-13,18H2,1-3H3,(H,32,33,36). The highest BCUT2D eigenvalue weighted by atomic mass is 19.1. The Kier molecular flexibility index (Phi) is 6.96. The Morgan fingerprint density at radius 1 is 1.05 bits per heavy atom. The summed E-state index contributed by atoms with van der Waals surface area (Å²) in [6.45, 7) is 3.87. The summed E-state index contributed by atoms with van der Waals surface area (Å²) in [5.41, 5.74) is 4.60. The maximum Gasteiger partial charge on any atom is 0.257 e. The van der Waals surface area contributed by atoms with Crippen molar-refractivity contribution in [3.63, 3.8) is 0 Å². The Labute approximate surface area is 220 Å². The molecule has 8 heteroatoms. The van der Waals surface area contributed by atoms with Crippen molar-refractivity contribution in [1.82, 2.24) is 14.5 Å². The van der Waals surface area contributed by atoms with Gasteiger partial charge < -0.3 is 9.64 Å². The average molecular weight is 513 g/mol. The number of hydrogen-bond acceptors (Lipinski definition) is 4. The van der Waals surface area contributed by atoms with Crippen molar-refractivity contribution < 1.29 is 18.7 Å². The molecule has 1 fully saturated rings. The van der Waals surface area contributed by atoms with Crippen molar-refractivity contribution in [3.8, 4) is 22.7 Å². The molecule has 1 aliphatic carbocycles. The summed E-state index contributed by atoms with van der Waals surface area (Å²) in [6, 6.07) is 19.3. The van der Waals surface area contributed by atoms with Gasteiger partial charge in [0.05, 0.1) is 18.4 Å². The molecule has 0 saturated heterocycles. The van der Waals surface area contributed by atoms with Gasteiger partial charge in [0.1, 0.15) is 18.1 Å². The van der Waals surface area contributed by atoms with Crippen LogP contribution in [0.4, 0.5) is 10.3 Å². The zero-order valence-electron chi connectivity index (χ0n) is 21.6. The van der Waals surface area contributed by atoms with Crippen LogP contribution in [-0.4, -0.2) is 46.0 Å². The van der Waals surface area contributed by atoms with Crippen LogP contribution < -0.4 is 10.1 Å². The van der Waals surface area contributed by atoms with E-state index in [1.807, 2.05) is 67.1 Å². The maximum atomic E-state index is 14.3. The number of nitrogens with one attached hydrogen (secondary N) is 1. The average Bonchev–Trinajstić information content (AvgIpc) is 3.68. The molecule has 4 aromatic rings. The van der Waals surface area contributed by atoms with Crippen LogP contribution in [0.1, 0.15) is 34.3 Å². The van der Waals surface area contributed by atoms with E-state index in [1.165, 1.54) is 23.1 Å². The molecule has 1 saturated carbocycles. The summed E-state index contributed by atoms with van der Waals surface area (Å²) >= 11 is 0. The van der Waals surface area contributed by atoms with Crippen molar-refractivity contribution in [2.75, 3.05) is 19.0 Å². The molecule has 3 aromatic carbocycles. The second-order valence-corrected chi connectivity index (χ2v) is 9.51. The lowest BCUT2D eigenvalue weighted by atomic mass is 10.1. The number of nitrogens with zero attached hydrogens (tertiary/aromatic N) is 3. The number of ether oxygens (including phenoxy) is 1. The molecular formula is C30H29FN4O3. The molecule has 1 heterocycles. The van der Waals surface area contributed by atoms with Crippen molar-refractivity contribution in [1.29, 1.82) is 0 Å². The molecule has 0 unspecified atom stereocenters. The highest BCUT2D eigenvalue weighted by Gasteiger charge is 2.35. The summed E-state index contributed by atoms with van der Waals surface area (Å²) < 4.78 is 21.4. The minimum Gasteiger partial charge on any atom is -0.497 e. The Balaban J connectivity index is 1.44. The molecule has 38 heavy (non-hydrogen) atoms. The van der Waals surface area contributed by atoms with Crippen LogP contribution in [0.3, 0.4) is 0 Å². The van der Waals surface area contributed by atoms with Crippen LogP contribution in [0.15, 0.2) is 72.9 Å². The van der Waals surface area contributed by atoms with Gasteiger partial charge in [-0.05, 0) is 86.3 Å². The van der Waals surface area contributed by atoms with Gasteiger partial charge >= 0.3 is 0 Å². The lowest BCUT2D eigenvalue weighted by Gasteiger charge is -2.22. The van der Waals surface area contributed by atoms with E-state index in [4.69, 9.17) is 9.72 Å². The Bertz CT molecular complexity index is 1490. The van der Waals surface area contributed by atoms with E-state index in [2.05, 4.69) is 5.32 Å². The van der Waals surface area contributed by atoms with E-state index in [0.717, 1.165) is 41.0 Å². The summed E-state index contributed by atoms with van der Waals surface area (Å²) in [5.74, 6) is -0.428. The number of amides is 2. The number of benzene rings is 3. The van der Waals surface area contributed by atoms with Crippen LogP contribution in [0.5, 0.6) is 5.75 Å². The number of carbonyl (C=O) groups excluding carboxylic acids is 2. The Hall–Kier alpha value is -4.46. The predicted molar refractivity (Wildman–Crippen MR) is 144 cm³/mol. The van der Waals surface area contributed by atoms with E-state index in [-0.39, 0.29) is 18.2 Å². The number of aromatic nitrogens is 2. The van der Waals surface area contributed by atoms with Crippen LogP contribution in [0.2, 0.25) is 0 Å². The molecule has 0 aliphatic heterocycles. The van der Waals surface area contributed by atoms with E-state index >= 15 is 0 Å². The van der Waals surface area contributed by atoms with Crippen LogP contribution >= 0.6 is 0 Å².